The molecule has 5 nitrogen and oxygen atoms in total. The third kappa shape index (κ3) is 4.55. The van der Waals surface area contributed by atoms with Crippen LogP contribution in [0.3, 0.4) is 0 Å². The molecule has 0 radical (unpaired) electrons. The van der Waals surface area contributed by atoms with E-state index in [0.29, 0.717) is 6.10 Å². The quantitative estimate of drug-likeness (QED) is 0.526. The second-order valence-electron chi connectivity index (χ2n) is 5.80. The molecule has 1 N–H and O–H groups in total. The van der Waals surface area contributed by atoms with E-state index in [9.17, 15) is 0 Å². The Labute approximate surface area is 169 Å². The SMILES string of the molecule is Clc1ccccc1-c1nc(CSc2nnc(NCC3CCCO3)s2)cs1. The minimum absolute atomic E-state index is 0.299. The van der Waals surface area contributed by atoms with Crippen LogP contribution in [0.25, 0.3) is 10.6 Å². The van der Waals surface area contributed by atoms with Crippen LogP contribution in [0, 0.1) is 0 Å². The zero-order valence-electron chi connectivity index (χ0n) is 13.9. The summed E-state index contributed by atoms with van der Waals surface area (Å²) in [6.45, 7) is 1.67. The van der Waals surface area contributed by atoms with E-state index in [1.807, 2.05) is 24.3 Å². The van der Waals surface area contributed by atoms with E-state index in [4.69, 9.17) is 16.3 Å². The van der Waals surface area contributed by atoms with Gasteiger partial charge in [-0.1, -0.05) is 52.9 Å². The molecule has 136 valence electrons. The third-order valence-corrected chi connectivity index (χ3v) is 7.21. The third-order valence-electron chi connectivity index (χ3n) is 3.91. The Morgan fingerprint density at radius 3 is 3.08 bits per heavy atom. The number of nitrogens with zero attached hydrogens (tertiary/aromatic N) is 3. The Bertz CT molecular complexity index is 863. The largest absolute Gasteiger partial charge is 0.376 e. The molecule has 1 aromatic carbocycles. The van der Waals surface area contributed by atoms with Crippen molar-refractivity contribution in [1.82, 2.24) is 15.2 Å². The molecule has 3 heterocycles. The van der Waals surface area contributed by atoms with Gasteiger partial charge in [-0.25, -0.2) is 4.98 Å². The smallest absolute Gasteiger partial charge is 0.206 e. The number of benzene rings is 1. The molecule has 9 heteroatoms. The maximum atomic E-state index is 6.25. The summed E-state index contributed by atoms with van der Waals surface area (Å²) in [4.78, 5) is 4.69. The molecule has 0 spiro atoms. The Balaban J connectivity index is 1.31. The van der Waals surface area contributed by atoms with Gasteiger partial charge in [-0.05, 0) is 18.9 Å². The first-order valence-corrected chi connectivity index (χ1v) is 11.3. The maximum absolute atomic E-state index is 6.25. The second-order valence-corrected chi connectivity index (χ2v) is 9.27. The van der Waals surface area contributed by atoms with Gasteiger partial charge in [-0.3, -0.25) is 0 Å². The molecule has 1 fully saturated rings. The average molecular weight is 425 g/mol. The summed E-state index contributed by atoms with van der Waals surface area (Å²) >= 11 is 11.1. The van der Waals surface area contributed by atoms with Gasteiger partial charge in [0.2, 0.25) is 5.13 Å². The summed E-state index contributed by atoms with van der Waals surface area (Å²) < 4.78 is 6.54. The van der Waals surface area contributed by atoms with E-state index >= 15 is 0 Å². The highest BCUT2D eigenvalue weighted by atomic mass is 35.5. The molecular weight excluding hydrogens is 408 g/mol. The standard InChI is InChI=1S/C17H17ClN4OS3/c18-14-6-2-1-5-13(14)15-20-11(9-24-15)10-25-17-22-21-16(26-17)19-8-12-4-3-7-23-12/h1-2,5-6,9,12H,3-4,7-8,10H2,(H,19,21). The van der Waals surface area contributed by atoms with Crippen molar-refractivity contribution >= 4 is 51.2 Å². The number of nitrogens with one attached hydrogen (secondary N) is 1. The van der Waals surface area contributed by atoms with Gasteiger partial charge < -0.3 is 10.1 Å². The second kappa shape index (κ2) is 8.67. The Hall–Kier alpha value is -1.19. The zero-order valence-corrected chi connectivity index (χ0v) is 17.1. The van der Waals surface area contributed by atoms with Crippen LogP contribution in [-0.4, -0.2) is 34.4 Å². The molecule has 2 aromatic heterocycles. The van der Waals surface area contributed by atoms with E-state index in [0.717, 1.165) is 62.5 Å². The van der Waals surface area contributed by atoms with Crippen LogP contribution in [0.4, 0.5) is 5.13 Å². The van der Waals surface area contributed by atoms with E-state index in [1.54, 1.807) is 34.4 Å². The molecule has 0 amide bonds. The number of ether oxygens (including phenoxy) is 1. The van der Waals surface area contributed by atoms with Gasteiger partial charge in [0.25, 0.3) is 0 Å². The summed E-state index contributed by atoms with van der Waals surface area (Å²) in [5.74, 6) is 0.765. The van der Waals surface area contributed by atoms with Crippen LogP contribution in [0.5, 0.6) is 0 Å². The van der Waals surface area contributed by atoms with Crippen molar-refractivity contribution in [2.45, 2.75) is 29.0 Å². The van der Waals surface area contributed by atoms with Crippen LogP contribution in [0.15, 0.2) is 34.0 Å². The fourth-order valence-corrected chi connectivity index (χ4v) is 5.51. The number of anilines is 1. The molecular formula is C17H17ClN4OS3. The van der Waals surface area contributed by atoms with Crippen LogP contribution >= 0.6 is 46.0 Å². The van der Waals surface area contributed by atoms with Crippen LogP contribution in [0.1, 0.15) is 18.5 Å². The lowest BCUT2D eigenvalue weighted by Crippen LogP contribution is -2.18. The molecule has 1 aliphatic rings. The summed E-state index contributed by atoms with van der Waals surface area (Å²) in [6.07, 6.45) is 2.56. The van der Waals surface area contributed by atoms with Gasteiger partial charge in [0, 0.05) is 29.8 Å². The Morgan fingerprint density at radius 2 is 2.23 bits per heavy atom. The summed E-state index contributed by atoms with van der Waals surface area (Å²) in [7, 11) is 0. The number of aromatic nitrogens is 3. The first-order chi connectivity index (χ1) is 12.8. The monoisotopic (exact) mass is 424 g/mol. The van der Waals surface area contributed by atoms with E-state index < -0.39 is 0 Å². The maximum Gasteiger partial charge on any atom is 0.206 e. The van der Waals surface area contributed by atoms with Crippen LogP contribution in [0.2, 0.25) is 5.02 Å². The fourth-order valence-electron chi connectivity index (χ4n) is 2.61. The predicted octanol–water partition coefficient (Wildman–Crippen LogP) is 5.20. The van der Waals surface area contributed by atoms with Crippen molar-refractivity contribution in [2.24, 2.45) is 0 Å². The van der Waals surface area contributed by atoms with Gasteiger partial charge in [0.1, 0.15) is 5.01 Å². The molecule has 0 saturated carbocycles. The molecule has 0 bridgehead atoms. The summed E-state index contributed by atoms with van der Waals surface area (Å²) in [6, 6.07) is 7.79. The Morgan fingerprint density at radius 1 is 1.31 bits per heavy atom. The van der Waals surface area contributed by atoms with Crippen molar-refractivity contribution < 1.29 is 4.74 Å². The van der Waals surface area contributed by atoms with E-state index in [2.05, 4.69) is 25.9 Å². The predicted molar refractivity (Wildman–Crippen MR) is 109 cm³/mol. The number of thioether (sulfide) groups is 1. The van der Waals surface area contributed by atoms with Gasteiger partial charge in [0.15, 0.2) is 4.34 Å². The van der Waals surface area contributed by atoms with E-state index in [-0.39, 0.29) is 0 Å². The van der Waals surface area contributed by atoms with E-state index in [1.165, 1.54) is 0 Å². The van der Waals surface area contributed by atoms with Crippen molar-refractivity contribution in [3.05, 3.63) is 40.4 Å². The van der Waals surface area contributed by atoms with Gasteiger partial charge in [-0.15, -0.1) is 21.5 Å². The molecule has 1 atom stereocenters. The lowest BCUT2D eigenvalue weighted by molar-refractivity contribution is 0.120. The van der Waals surface area contributed by atoms with Crippen molar-refractivity contribution in [3.63, 3.8) is 0 Å². The summed E-state index contributed by atoms with van der Waals surface area (Å²) in [5.41, 5.74) is 2.01. The normalized spacial score (nSPS) is 16.9. The van der Waals surface area contributed by atoms with Gasteiger partial charge in [0.05, 0.1) is 16.8 Å². The van der Waals surface area contributed by atoms with Crippen LogP contribution < -0.4 is 5.32 Å². The van der Waals surface area contributed by atoms with Gasteiger partial charge >= 0.3 is 0 Å². The molecule has 1 aliphatic heterocycles. The number of thiazole rings is 1. The highest BCUT2D eigenvalue weighted by Gasteiger charge is 2.16. The average Bonchev–Trinajstić information content (AvgIpc) is 3.40. The minimum Gasteiger partial charge on any atom is -0.376 e. The molecule has 0 aliphatic carbocycles. The highest BCUT2D eigenvalue weighted by Crippen LogP contribution is 2.33. The number of hydrogen-bond acceptors (Lipinski definition) is 8. The fraction of sp³-hybridized carbons (Fsp3) is 0.353. The zero-order chi connectivity index (χ0) is 17.8. The lowest BCUT2D eigenvalue weighted by Gasteiger charge is -2.08. The first kappa shape index (κ1) is 18.2. The highest BCUT2D eigenvalue weighted by molar-refractivity contribution is 8.00. The molecule has 1 unspecified atom stereocenters. The molecule has 3 aromatic rings. The molecule has 1 saturated heterocycles. The lowest BCUT2D eigenvalue weighted by atomic mass is 10.2. The topological polar surface area (TPSA) is 59.9 Å². The molecule has 4 rings (SSSR count). The molecule has 26 heavy (non-hydrogen) atoms. The first-order valence-electron chi connectivity index (χ1n) is 8.29. The minimum atomic E-state index is 0.299. The Kier molecular flexibility index (Phi) is 6.06. The number of hydrogen-bond donors (Lipinski definition) is 1. The van der Waals surface area contributed by atoms with Crippen molar-refractivity contribution in [3.8, 4) is 10.6 Å². The number of halogens is 1. The van der Waals surface area contributed by atoms with Crippen molar-refractivity contribution in [2.75, 3.05) is 18.5 Å². The number of rotatable bonds is 7. The van der Waals surface area contributed by atoms with Crippen molar-refractivity contribution in [1.29, 1.82) is 0 Å². The van der Waals surface area contributed by atoms with Crippen LogP contribution in [-0.2, 0) is 10.5 Å². The van der Waals surface area contributed by atoms with Gasteiger partial charge in [-0.2, -0.15) is 0 Å². The summed E-state index contributed by atoms with van der Waals surface area (Å²) in [5, 5.41) is 16.3.